The summed E-state index contributed by atoms with van der Waals surface area (Å²) in [6.45, 7) is 0.0852. The fourth-order valence-corrected chi connectivity index (χ4v) is 6.21. The number of hydrogen-bond donors (Lipinski definition) is 0. The number of hydrogen-bond acceptors (Lipinski definition) is 3. The van der Waals surface area contributed by atoms with E-state index in [2.05, 4.69) is 155 Å². The summed E-state index contributed by atoms with van der Waals surface area (Å²) in [6.07, 6.45) is 0. The highest BCUT2D eigenvalue weighted by molar-refractivity contribution is 6.99. The molecule has 6 aromatic rings. The van der Waals surface area contributed by atoms with Gasteiger partial charge in [-0.3, -0.25) is 0 Å². The molecule has 0 N–H and O–H groups in total. The van der Waals surface area contributed by atoms with Crippen molar-refractivity contribution in [3.63, 3.8) is 0 Å². The lowest BCUT2D eigenvalue weighted by Gasteiger charge is -2.40. The minimum absolute atomic E-state index is 0.0852. The van der Waals surface area contributed by atoms with Crippen molar-refractivity contribution in [3.8, 4) is 11.5 Å². The summed E-state index contributed by atoms with van der Waals surface area (Å²) in [4.78, 5) is 4.72. The third-order valence-corrected chi connectivity index (χ3v) is 7.89. The first-order chi connectivity index (χ1) is 19.9. The fraction of sp³-hybridized carbons (Fsp3) is 0. The van der Waals surface area contributed by atoms with Gasteiger partial charge in [0.15, 0.2) is 0 Å². The molecule has 0 saturated heterocycles. The Morgan fingerprint density at radius 3 is 1.82 bits per heavy atom. The molecular weight excluding hydrogens is 487 g/mol. The van der Waals surface area contributed by atoms with Crippen molar-refractivity contribution in [1.82, 2.24) is 0 Å². The van der Waals surface area contributed by atoms with Crippen LogP contribution in [0.15, 0.2) is 152 Å². The predicted octanol–water partition coefficient (Wildman–Crippen LogP) is 7.56. The predicted molar refractivity (Wildman–Crippen MR) is 167 cm³/mol. The normalized spacial score (nSPS) is 12.6. The lowest BCUT2D eigenvalue weighted by atomic mass is 9.34. The summed E-state index contributed by atoms with van der Waals surface area (Å²) in [5.74, 6) is 1.85. The average molecular weight is 512 g/mol. The Labute approximate surface area is 234 Å². The zero-order chi connectivity index (χ0) is 26.5. The first kappa shape index (κ1) is 22.7. The zero-order valence-corrected chi connectivity index (χ0v) is 21.8. The number of para-hydroxylation sites is 4. The Bertz CT molecular complexity index is 1800. The van der Waals surface area contributed by atoms with Gasteiger partial charge in [-0.05, 0) is 83.1 Å². The molecule has 188 valence electrons. The Balaban J connectivity index is 1.40. The van der Waals surface area contributed by atoms with Crippen molar-refractivity contribution in [2.75, 3.05) is 9.80 Å². The minimum atomic E-state index is 0.0852. The molecule has 0 amide bonds. The van der Waals surface area contributed by atoms with Crippen LogP contribution >= 0.6 is 0 Å². The van der Waals surface area contributed by atoms with Gasteiger partial charge in [-0.25, -0.2) is 0 Å². The van der Waals surface area contributed by atoms with E-state index in [0.29, 0.717) is 0 Å². The molecule has 3 nitrogen and oxygen atoms in total. The Kier molecular flexibility index (Phi) is 5.24. The average Bonchev–Trinajstić information content (AvgIpc) is 3.02. The topological polar surface area (TPSA) is 15.7 Å². The fourth-order valence-electron chi connectivity index (χ4n) is 6.21. The van der Waals surface area contributed by atoms with Crippen molar-refractivity contribution in [2.24, 2.45) is 0 Å². The largest absolute Gasteiger partial charge is 0.458 e. The van der Waals surface area contributed by atoms with E-state index in [1.54, 1.807) is 0 Å². The van der Waals surface area contributed by atoms with Crippen LogP contribution in [0.2, 0.25) is 0 Å². The van der Waals surface area contributed by atoms with E-state index in [1.165, 1.54) is 22.1 Å². The van der Waals surface area contributed by atoms with E-state index in [1.807, 2.05) is 6.07 Å². The Hall–Kier alpha value is -5.22. The van der Waals surface area contributed by atoms with Gasteiger partial charge in [0.2, 0.25) is 0 Å². The van der Waals surface area contributed by atoms with Crippen molar-refractivity contribution < 1.29 is 4.74 Å². The summed E-state index contributed by atoms with van der Waals surface area (Å²) in [6, 6.07) is 53.6. The third kappa shape index (κ3) is 3.54. The van der Waals surface area contributed by atoms with E-state index in [0.717, 1.165) is 39.9 Å². The van der Waals surface area contributed by atoms with Gasteiger partial charge in [-0.2, -0.15) is 0 Å². The lowest BCUT2D eigenvalue weighted by molar-refractivity contribution is 0.487. The molecule has 0 aromatic heterocycles. The molecule has 0 radical (unpaired) electrons. The second kappa shape index (κ2) is 9.21. The molecule has 0 unspecified atom stereocenters. The number of anilines is 6. The second-order valence-electron chi connectivity index (χ2n) is 10.2. The van der Waals surface area contributed by atoms with Crippen molar-refractivity contribution in [1.29, 1.82) is 0 Å². The first-order valence-electron chi connectivity index (χ1n) is 13.7. The Morgan fingerprint density at radius 1 is 0.475 bits per heavy atom. The van der Waals surface area contributed by atoms with Gasteiger partial charge in [-0.1, -0.05) is 84.9 Å². The van der Waals surface area contributed by atoms with E-state index in [4.69, 9.17) is 4.74 Å². The van der Waals surface area contributed by atoms with E-state index in [-0.39, 0.29) is 6.71 Å². The molecule has 8 rings (SSSR count). The molecule has 40 heavy (non-hydrogen) atoms. The molecule has 2 aliphatic heterocycles. The van der Waals surface area contributed by atoms with Crippen LogP contribution in [0.5, 0.6) is 11.5 Å². The number of ether oxygens (including phenoxy) is 1. The SMILES string of the molecule is c1ccc(N(c2ccccc2)c2ccc3c(c2)N(c2ccccc2)c2cccc4c2B3c2ccccc2O4)cc1. The molecule has 0 aliphatic carbocycles. The Morgan fingerprint density at radius 2 is 1.10 bits per heavy atom. The molecule has 0 spiro atoms. The van der Waals surface area contributed by atoms with E-state index in [9.17, 15) is 0 Å². The smallest absolute Gasteiger partial charge is 0.256 e. The van der Waals surface area contributed by atoms with Crippen LogP contribution in [0.3, 0.4) is 0 Å². The quantitative estimate of drug-likeness (QED) is 0.226. The highest BCUT2D eigenvalue weighted by atomic mass is 16.5. The monoisotopic (exact) mass is 512 g/mol. The van der Waals surface area contributed by atoms with Gasteiger partial charge in [0.25, 0.3) is 6.71 Å². The zero-order valence-electron chi connectivity index (χ0n) is 21.8. The summed E-state index contributed by atoms with van der Waals surface area (Å²) in [7, 11) is 0. The van der Waals surface area contributed by atoms with Crippen LogP contribution in [0.4, 0.5) is 34.1 Å². The van der Waals surface area contributed by atoms with Crippen LogP contribution < -0.4 is 30.9 Å². The van der Waals surface area contributed by atoms with Crippen molar-refractivity contribution in [3.05, 3.63) is 152 Å². The van der Waals surface area contributed by atoms with Gasteiger partial charge in [0.1, 0.15) is 11.5 Å². The van der Waals surface area contributed by atoms with Crippen LogP contribution in [0, 0.1) is 0 Å². The molecule has 0 fully saturated rings. The number of rotatable bonds is 4. The molecule has 4 heteroatoms. The molecule has 2 aliphatic rings. The highest BCUT2D eigenvalue weighted by Crippen LogP contribution is 2.43. The lowest BCUT2D eigenvalue weighted by Crippen LogP contribution is -2.59. The number of nitrogens with zero attached hydrogens (tertiary/aromatic N) is 2. The van der Waals surface area contributed by atoms with Gasteiger partial charge >= 0.3 is 0 Å². The molecular formula is C36H25BN2O. The van der Waals surface area contributed by atoms with E-state index < -0.39 is 0 Å². The second-order valence-corrected chi connectivity index (χ2v) is 10.2. The van der Waals surface area contributed by atoms with Gasteiger partial charge in [-0.15, -0.1) is 0 Å². The highest BCUT2D eigenvalue weighted by Gasteiger charge is 2.41. The summed E-state index contributed by atoms with van der Waals surface area (Å²) < 4.78 is 6.47. The van der Waals surface area contributed by atoms with Crippen LogP contribution in [0.1, 0.15) is 0 Å². The third-order valence-electron chi connectivity index (χ3n) is 7.89. The standard InChI is InChI=1S/C36H25BN2O/c1-4-13-26(14-5-1)38(27-15-6-2-7-16-27)29-23-24-30-33(25-29)39(28-17-8-3-9-18-28)32-20-12-22-35-36(32)37(30)31-19-10-11-21-34(31)40-35/h1-25H. The van der Waals surface area contributed by atoms with Crippen LogP contribution in [-0.2, 0) is 0 Å². The maximum absolute atomic E-state index is 6.47. The molecule has 6 aromatic carbocycles. The van der Waals surface area contributed by atoms with Crippen molar-refractivity contribution >= 4 is 57.2 Å². The number of benzene rings is 6. The van der Waals surface area contributed by atoms with E-state index >= 15 is 0 Å². The maximum atomic E-state index is 6.47. The minimum Gasteiger partial charge on any atom is -0.458 e. The summed E-state index contributed by atoms with van der Waals surface area (Å²) in [5, 5.41) is 0. The molecule has 0 atom stereocenters. The summed E-state index contributed by atoms with van der Waals surface area (Å²) >= 11 is 0. The van der Waals surface area contributed by atoms with Crippen LogP contribution in [-0.4, -0.2) is 6.71 Å². The van der Waals surface area contributed by atoms with Gasteiger partial charge in [0.05, 0.1) is 0 Å². The van der Waals surface area contributed by atoms with Gasteiger partial charge < -0.3 is 14.5 Å². The maximum Gasteiger partial charge on any atom is 0.256 e. The molecule has 2 heterocycles. The van der Waals surface area contributed by atoms with Gasteiger partial charge in [0, 0.05) is 34.1 Å². The molecule has 0 saturated carbocycles. The van der Waals surface area contributed by atoms with Crippen molar-refractivity contribution in [2.45, 2.75) is 0 Å². The van der Waals surface area contributed by atoms with Crippen LogP contribution in [0.25, 0.3) is 0 Å². The summed E-state index contributed by atoms with van der Waals surface area (Å²) in [5.41, 5.74) is 10.5. The molecule has 0 bridgehead atoms. The first-order valence-corrected chi connectivity index (χ1v) is 13.7. The number of fused-ring (bicyclic) bond motifs is 4.